The average molecular weight is 512 g/mol. The Morgan fingerprint density at radius 1 is 1.06 bits per heavy atom. The molecule has 1 aliphatic carbocycles. The summed E-state index contributed by atoms with van der Waals surface area (Å²) in [4.78, 5) is 27.7. The fourth-order valence-electron chi connectivity index (χ4n) is 3.90. The van der Waals surface area contributed by atoms with Crippen LogP contribution in [0, 0.1) is 0 Å². The van der Waals surface area contributed by atoms with Crippen molar-refractivity contribution in [1.29, 1.82) is 0 Å². The van der Waals surface area contributed by atoms with Crippen LogP contribution in [0.25, 0.3) is 0 Å². The third-order valence-electron chi connectivity index (χ3n) is 5.84. The first-order valence-electron chi connectivity index (χ1n) is 11.3. The van der Waals surface area contributed by atoms with E-state index < -0.39 is 6.04 Å². The molecule has 1 fully saturated rings. The molecule has 0 bridgehead atoms. The van der Waals surface area contributed by atoms with E-state index in [4.69, 9.17) is 39.5 Å². The molecule has 0 spiro atoms. The molecule has 33 heavy (non-hydrogen) atoms. The van der Waals surface area contributed by atoms with Crippen LogP contribution in [0.4, 0.5) is 0 Å². The first kappa shape index (κ1) is 25.7. The zero-order valence-corrected chi connectivity index (χ0v) is 20.9. The summed E-state index contributed by atoms with van der Waals surface area (Å²) in [7, 11) is 0. The van der Waals surface area contributed by atoms with Gasteiger partial charge in [0.05, 0.1) is 6.61 Å². The Morgan fingerprint density at radius 3 is 2.39 bits per heavy atom. The van der Waals surface area contributed by atoms with Crippen molar-refractivity contribution >= 4 is 46.6 Å². The fourth-order valence-corrected chi connectivity index (χ4v) is 4.49. The number of benzene rings is 2. The molecule has 3 rings (SSSR count). The predicted octanol–water partition coefficient (Wildman–Crippen LogP) is 6.28. The number of nitrogens with zero attached hydrogens (tertiary/aromatic N) is 1. The Bertz CT molecular complexity index is 946. The average Bonchev–Trinajstić information content (AvgIpc) is 3.30. The number of hydrogen-bond acceptors (Lipinski definition) is 3. The van der Waals surface area contributed by atoms with Gasteiger partial charge in [0, 0.05) is 34.1 Å². The van der Waals surface area contributed by atoms with Crippen LogP contribution in [0.1, 0.15) is 51.0 Å². The zero-order valence-electron chi connectivity index (χ0n) is 18.7. The highest BCUT2D eigenvalue weighted by atomic mass is 35.5. The molecule has 0 saturated heterocycles. The minimum absolute atomic E-state index is 0.130. The van der Waals surface area contributed by atoms with Gasteiger partial charge in [-0.1, -0.05) is 53.7 Å². The van der Waals surface area contributed by atoms with Crippen molar-refractivity contribution in [3.05, 3.63) is 63.1 Å². The minimum atomic E-state index is -0.623. The standard InChI is InChI=1S/C25H29Cl3N2O3/c1-17(25(32)29-21-5-2-3-6-21)30(16-18-8-9-20(27)15-23(18)28)24(31)7-4-14-33-22-12-10-19(26)11-13-22/h8-13,15,17,21H,2-7,14,16H2,1H3,(H,29,32). The third kappa shape index (κ3) is 7.80. The quantitative estimate of drug-likeness (QED) is 0.382. The Hall–Kier alpha value is -1.95. The van der Waals surface area contributed by atoms with Crippen LogP contribution >= 0.6 is 34.8 Å². The van der Waals surface area contributed by atoms with Crippen LogP contribution in [-0.4, -0.2) is 35.4 Å². The number of hydrogen-bond donors (Lipinski definition) is 1. The first-order chi connectivity index (χ1) is 15.8. The molecule has 0 aliphatic heterocycles. The first-order valence-corrected chi connectivity index (χ1v) is 12.4. The van der Waals surface area contributed by atoms with Gasteiger partial charge in [-0.3, -0.25) is 9.59 Å². The molecule has 1 atom stereocenters. The molecule has 1 aliphatic rings. The van der Waals surface area contributed by atoms with Gasteiger partial charge in [0.15, 0.2) is 0 Å². The lowest BCUT2D eigenvalue weighted by atomic mass is 10.1. The van der Waals surface area contributed by atoms with E-state index in [1.807, 2.05) is 0 Å². The highest BCUT2D eigenvalue weighted by Gasteiger charge is 2.28. The number of halogens is 3. The predicted molar refractivity (Wildman–Crippen MR) is 133 cm³/mol. The van der Waals surface area contributed by atoms with E-state index in [-0.39, 0.29) is 30.8 Å². The van der Waals surface area contributed by atoms with Gasteiger partial charge in [-0.25, -0.2) is 0 Å². The van der Waals surface area contributed by atoms with Gasteiger partial charge in [0.25, 0.3) is 0 Å². The van der Waals surface area contributed by atoms with Crippen LogP contribution in [0.15, 0.2) is 42.5 Å². The van der Waals surface area contributed by atoms with Crippen molar-refractivity contribution in [1.82, 2.24) is 10.2 Å². The van der Waals surface area contributed by atoms with Gasteiger partial charge < -0.3 is 15.0 Å². The molecule has 1 unspecified atom stereocenters. The lowest BCUT2D eigenvalue weighted by molar-refractivity contribution is -0.141. The summed E-state index contributed by atoms with van der Waals surface area (Å²) in [6.07, 6.45) is 4.98. The second-order valence-corrected chi connectivity index (χ2v) is 9.61. The van der Waals surface area contributed by atoms with E-state index in [1.165, 1.54) is 0 Å². The number of ether oxygens (including phenoxy) is 1. The number of carbonyl (C=O) groups is 2. The van der Waals surface area contributed by atoms with E-state index in [0.29, 0.717) is 33.8 Å². The van der Waals surface area contributed by atoms with Gasteiger partial charge in [-0.05, 0) is 68.1 Å². The fraction of sp³-hybridized carbons (Fsp3) is 0.440. The van der Waals surface area contributed by atoms with Gasteiger partial charge in [0.1, 0.15) is 11.8 Å². The molecular formula is C25H29Cl3N2O3. The molecule has 8 heteroatoms. The van der Waals surface area contributed by atoms with Crippen molar-refractivity contribution < 1.29 is 14.3 Å². The molecule has 5 nitrogen and oxygen atoms in total. The molecule has 2 amide bonds. The monoisotopic (exact) mass is 510 g/mol. The molecule has 178 valence electrons. The summed E-state index contributed by atoms with van der Waals surface area (Å²) in [6.45, 7) is 2.37. The van der Waals surface area contributed by atoms with E-state index in [0.717, 1.165) is 31.2 Å². The number of nitrogens with one attached hydrogen (secondary N) is 1. The van der Waals surface area contributed by atoms with Crippen molar-refractivity contribution in [3.8, 4) is 5.75 Å². The molecule has 1 saturated carbocycles. The largest absolute Gasteiger partial charge is 0.494 e. The molecule has 2 aromatic carbocycles. The Balaban J connectivity index is 1.63. The lowest BCUT2D eigenvalue weighted by Crippen LogP contribution is -2.49. The highest BCUT2D eigenvalue weighted by molar-refractivity contribution is 6.35. The Morgan fingerprint density at radius 2 is 1.73 bits per heavy atom. The molecule has 2 aromatic rings. The van der Waals surface area contributed by atoms with Gasteiger partial charge in [0.2, 0.25) is 11.8 Å². The maximum atomic E-state index is 13.2. The van der Waals surface area contributed by atoms with Crippen molar-refractivity contribution in [3.63, 3.8) is 0 Å². The topological polar surface area (TPSA) is 58.6 Å². The summed E-state index contributed by atoms with van der Waals surface area (Å²) >= 11 is 18.3. The van der Waals surface area contributed by atoms with Crippen molar-refractivity contribution in [2.45, 2.75) is 64.1 Å². The molecule has 0 heterocycles. The smallest absolute Gasteiger partial charge is 0.242 e. The second kappa shape index (κ2) is 12.5. The molecular weight excluding hydrogens is 483 g/mol. The van der Waals surface area contributed by atoms with E-state index in [1.54, 1.807) is 54.3 Å². The van der Waals surface area contributed by atoms with E-state index in [2.05, 4.69) is 5.32 Å². The van der Waals surface area contributed by atoms with Crippen LogP contribution in [-0.2, 0) is 16.1 Å². The van der Waals surface area contributed by atoms with Crippen LogP contribution < -0.4 is 10.1 Å². The van der Waals surface area contributed by atoms with Gasteiger partial charge in [-0.2, -0.15) is 0 Å². The van der Waals surface area contributed by atoms with Crippen LogP contribution in [0.5, 0.6) is 5.75 Å². The molecule has 1 N–H and O–H groups in total. The van der Waals surface area contributed by atoms with Crippen LogP contribution in [0.3, 0.4) is 0 Å². The Kier molecular flexibility index (Phi) is 9.72. The summed E-state index contributed by atoms with van der Waals surface area (Å²) in [5.41, 5.74) is 0.743. The molecule has 0 radical (unpaired) electrons. The maximum Gasteiger partial charge on any atom is 0.242 e. The second-order valence-electron chi connectivity index (χ2n) is 8.33. The summed E-state index contributed by atoms with van der Waals surface area (Å²) < 4.78 is 5.69. The van der Waals surface area contributed by atoms with Gasteiger partial charge in [-0.15, -0.1) is 0 Å². The minimum Gasteiger partial charge on any atom is -0.494 e. The summed E-state index contributed by atoms with van der Waals surface area (Å²) in [5, 5.41) is 4.72. The number of carbonyl (C=O) groups excluding carboxylic acids is 2. The normalized spacial score (nSPS) is 14.7. The van der Waals surface area contributed by atoms with Crippen molar-refractivity contribution in [2.24, 2.45) is 0 Å². The highest BCUT2D eigenvalue weighted by Crippen LogP contribution is 2.24. The number of rotatable bonds is 10. The van der Waals surface area contributed by atoms with Crippen molar-refractivity contribution in [2.75, 3.05) is 6.61 Å². The number of amides is 2. The maximum absolute atomic E-state index is 13.2. The zero-order chi connectivity index (χ0) is 23.8. The Labute approximate surface area is 210 Å². The molecule has 0 aromatic heterocycles. The van der Waals surface area contributed by atoms with Gasteiger partial charge >= 0.3 is 0 Å². The third-order valence-corrected chi connectivity index (χ3v) is 6.68. The SMILES string of the molecule is CC(C(=O)NC1CCCC1)N(Cc1ccc(Cl)cc1Cl)C(=O)CCCOc1ccc(Cl)cc1. The van der Waals surface area contributed by atoms with E-state index in [9.17, 15) is 9.59 Å². The van der Waals surface area contributed by atoms with Crippen LogP contribution in [0.2, 0.25) is 15.1 Å². The summed E-state index contributed by atoms with van der Waals surface area (Å²) in [5.74, 6) is 0.425. The van der Waals surface area contributed by atoms with E-state index >= 15 is 0 Å². The summed E-state index contributed by atoms with van der Waals surface area (Å²) in [6, 6.07) is 11.8. The lowest BCUT2D eigenvalue weighted by Gasteiger charge is -2.30.